The number of benzene rings is 3. The minimum Gasteiger partial charge on any atom is -0.115 e. The van der Waals surface area contributed by atoms with Gasteiger partial charge in [0.2, 0.25) is 0 Å². The Labute approximate surface area is 150 Å². The van der Waals surface area contributed by atoms with Crippen molar-refractivity contribution in [1.29, 1.82) is 0 Å². The molecule has 0 unspecified atom stereocenters. The molecule has 0 aliphatic rings. The van der Waals surface area contributed by atoms with Gasteiger partial charge in [0.15, 0.2) is 0 Å². The van der Waals surface area contributed by atoms with E-state index in [4.69, 9.17) is 19.3 Å². The summed E-state index contributed by atoms with van der Waals surface area (Å²) in [6.07, 6.45) is 16.4. The van der Waals surface area contributed by atoms with Gasteiger partial charge in [-0.15, -0.1) is 19.3 Å². The first-order valence-corrected chi connectivity index (χ1v) is 9.09. The van der Waals surface area contributed by atoms with Crippen LogP contribution < -0.4 is 15.9 Å². The largest absolute Gasteiger partial charge is 0.115 e. The van der Waals surface area contributed by atoms with Gasteiger partial charge in [-0.25, -0.2) is 0 Å². The summed E-state index contributed by atoms with van der Waals surface area (Å²) in [5, 5.41) is 3.70. The van der Waals surface area contributed by atoms with Crippen LogP contribution in [0.25, 0.3) is 0 Å². The van der Waals surface area contributed by atoms with Crippen LogP contribution in [0.4, 0.5) is 0 Å². The van der Waals surface area contributed by atoms with Gasteiger partial charge >= 0.3 is 0 Å². The molecule has 0 saturated heterocycles. The normalized spacial score (nSPS) is 9.84. The predicted octanol–water partition coefficient (Wildman–Crippen LogP) is 3.39. The lowest BCUT2D eigenvalue weighted by Gasteiger charge is -2.19. The van der Waals surface area contributed by atoms with E-state index in [1.54, 1.807) is 0 Å². The second-order valence-corrected chi connectivity index (χ2v) is 7.63. The predicted molar refractivity (Wildman–Crippen MR) is 109 cm³/mol. The van der Waals surface area contributed by atoms with Gasteiger partial charge in [-0.2, -0.15) is 0 Å². The van der Waals surface area contributed by atoms with Crippen molar-refractivity contribution in [1.82, 2.24) is 0 Å². The third-order valence-corrected chi connectivity index (χ3v) is 6.32. The smallest absolute Gasteiger partial charge is 0.0243 e. The number of rotatable bonds is 3. The first-order chi connectivity index (χ1) is 12.2. The van der Waals surface area contributed by atoms with Gasteiger partial charge in [-0.05, 0) is 60.2 Å². The minimum atomic E-state index is -0.704. The van der Waals surface area contributed by atoms with Gasteiger partial charge in [0.25, 0.3) is 0 Å². The lowest BCUT2D eigenvalue weighted by atomic mass is 10.2. The monoisotopic (exact) mass is 334 g/mol. The molecule has 0 aliphatic carbocycles. The summed E-state index contributed by atoms with van der Waals surface area (Å²) < 4.78 is 0. The maximum atomic E-state index is 5.48. The number of hydrogen-bond acceptors (Lipinski definition) is 0. The van der Waals surface area contributed by atoms with Crippen molar-refractivity contribution in [2.45, 2.75) is 0 Å². The maximum Gasteiger partial charge on any atom is 0.0243 e. The van der Waals surface area contributed by atoms with Crippen molar-refractivity contribution >= 4 is 23.8 Å². The molecule has 0 saturated carbocycles. The fraction of sp³-hybridized carbons (Fsp3) is 0. The third kappa shape index (κ3) is 3.65. The quantitative estimate of drug-likeness (QED) is 0.509. The van der Waals surface area contributed by atoms with Crippen molar-refractivity contribution in [3.05, 3.63) is 89.5 Å². The molecule has 0 spiro atoms. The molecule has 0 nitrogen and oxygen atoms in total. The van der Waals surface area contributed by atoms with E-state index < -0.39 is 7.92 Å². The molecule has 3 rings (SSSR count). The molecular formula is C24H15P. The molecule has 0 N–H and O–H groups in total. The van der Waals surface area contributed by atoms with Crippen molar-refractivity contribution in [2.75, 3.05) is 0 Å². The summed E-state index contributed by atoms with van der Waals surface area (Å²) in [6, 6.07) is 24.5. The van der Waals surface area contributed by atoms with E-state index in [1.807, 2.05) is 36.4 Å². The van der Waals surface area contributed by atoms with Crippen LogP contribution >= 0.6 is 7.92 Å². The fourth-order valence-electron chi connectivity index (χ4n) is 2.57. The highest BCUT2D eigenvalue weighted by atomic mass is 31.1. The van der Waals surface area contributed by atoms with Crippen LogP contribution in [0.5, 0.6) is 0 Å². The van der Waals surface area contributed by atoms with Crippen LogP contribution in [0.3, 0.4) is 0 Å². The summed E-state index contributed by atoms with van der Waals surface area (Å²) in [7, 11) is -0.704. The lowest BCUT2D eigenvalue weighted by Crippen LogP contribution is -2.20. The Bertz CT molecular complexity index is 850. The van der Waals surface area contributed by atoms with Crippen molar-refractivity contribution < 1.29 is 0 Å². The van der Waals surface area contributed by atoms with Crippen LogP contribution in [0.2, 0.25) is 0 Å². The first kappa shape index (κ1) is 16.6. The highest BCUT2D eigenvalue weighted by molar-refractivity contribution is 7.79. The van der Waals surface area contributed by atoms with E-state index in [0.29, 0.717) is 0 Å². The zero-order valence-corrected chi connectivity index (χ0v) is 14.5. The Morgan fingerprint density at radius 2 is 0.680 bits per heavy atom. The molecule has 3 aromatic rings. The third-order valence-electron chi connectivity index (χ3n) is 3.88. The molecule has 116 valence electrons. The molecule has 0 bridgehead atoms. The Balaban J connectivity index is 2.10. The van der Waals surface area contributed by atoms with Crippen LogP contribution in [0.1, 0.15) is 16.7 Å². The topological polar surface area (TPSA) is 0 Å². The van der Waals surface area contributed by atoms with Crippen LogP contribution in [0, 0.1) is 37.0 Å². The lowest BCUT2D eigenvalue weighted by molar-refractivity contribution is 1.67. The number of hydrogen-bond donors (Lipinski definition) is 0. The first-order valence-electron chi connectivity index (χ1n) is 7.75. The molecule has 0 aromatic heterocycles. The molecule has 0 radical (unpaired) electrons. The molecule has 25 heavy (non-hydrogen) atoms. The Hall–Kier alpha value is -3.23. The fourth-order valence-corrected chi connectivity index (χ4v) is 4.80. The molecule has 0 aliphatic heterocycles. The summed E-state index contributed by atoms with van der Waals surface area (Å²) in [4.78, 5) is 0. The number of terminal acetylenes is 3. The highest BCUT2D eigenvalue weighted by Gasteiger charge is 2.16. The molecule has 0 atom stereocenters. The Morgan fingerprint density at radius 3 is 0.880 bits per heavy atom. The molecule has 0 fully saturated rings. The van der Waals surface area contributed by atoms with E-state index >= 15 is 0 Å². The van der Waals surface area contributed by atoms with Gasteiger partial charge in [0.05, 0.1) is 0 Å². The van der Waals surface area contributed by atoms with Crippen LogP contribution in [-0.4, -0.2) is 0 Å². The Kier molecular flexibility index (Phi) is 5.03. The second-order valence-electron chi connectivity index (χ2n) is 5.41. The van der Waals surface area contributed by atoms with E-state index in [-0.39, 0.29) is 0 Å². The average Bonchev–Trinajstić information content (AvgIpc) is 2.70. The van der Waals surface area contributed by atoms with Crippen molar-refractivity contribution in [3.8, 4) is 37.0 Å². The van der Waals surface area contributed by atoms with Crippen molar-refractivity contribution in [2.24, 2.45) is 0 Å². The molecule has 0 heterocycles. The zero-order chi connectivity index (χ0) is 17.6. The summed E-state index contributed by atoms with van der Waals surface area (Å²) in [5.74, 6) is 8.00. The zero-order valence-electron chi connectivity index (χ0n) is 13.6. The molecular weight excluding hydrogens is 319 g/mol. The summed E-state index contributed by atoms with van der Waals surface area (Å²) in [5.41, 5.74) is 2.64. The van der Waals surface area contributed by atoms with Crippen LogP contribution in [0.15, 0.2) is 72.8 Å². The molecule has 3 aromatic carbocycles. The van der Waals surface area contributed by atoms with Gasteiger partial charge in [0.1, 0.15) is 0 Å². The van der Waals surface area contributed by atoms with E-state index in [2.05, 4.69) is 54.2 Å². The highest BCUT2D eigenvalue weighted by Crippen LogP contribution is 2.33. The standard InChI is InChI=1S/C24H15P/c1-4-19-7-13-22(14-8-19)25(23-15-9-20(5-2)10-16-23)24-17-11-21(6-3)12-18-24/h1-3,7-18H. The van der Waals surface area contributed by atoms with Gasteiger partial charge in [0, 0.05) is 16.7 Å². The van der Waals surface area contributed by atoms with Crippen LogP contribution in [-0.2, 0) is 0 Å². The SMILES string of the molecule is C#Cc1ccc(P(c2ccc(C#C)cc2)c2ccc(C#C)cc2)cc1. The average molecular weight is 334 g/mol. The van der Waals surface area contributed by atoms with E-state index in [9.17, 15) is 0 Å². The summed E-state index contributed by atoms with van der Waals surface area (Å²) in [6.45, 7) is 0. The van der Waals surface area contributed by atoms with E-state index in [1.165, 1.54) is 15.9 Å². The maximum absolute atomic E-state index is 5.48. The Morgan fingerprint density at radius 1 is 0.440 bits per heavy atom. The van der Waals surface area contributed by atoms with Crippen molar-refractivity contribution in [3.63, 3.8) is 0 Å². The second kappa shape index (κ2) is 7.56. The van der Waals surface area contributed by atoms with Gasteiger partial charge in [-0.1, -0.05) is 54.2 Å². The minimum absolute atomic E-state index is 0.704. The molecule has 1 heteroatoms. The summed E-state index contributed by atoms with van der Waals surface area (Å²) >= 11 is 0. The molecule has 0 amide bonds. The van der Waals surface area contributed by atoms with E-state index in [0.717, 1.165) is 16.7 Å². The van der Waals surface area contributed by atoms with Gasteiger partial charge in [-0.3, -0.25) is 0 Å². The van der Waals surface area contributed by atoms with Gasteiger partial charge < -0.3 is 0 Å².